The van der Waals surface area contributed by atoms with Crippen molar-refractivity contribution < 1.29 is 22.0 Å². The highest BCUT2D eigenvalue weighted by atomic mass is 35.5. The predicted octanol–water partition coefficient (Wildman–Crippen LogP) is 3.79. The molecule has 5 rings (SSSR count). The molecule has 1 amide bonds. The second-order valence-corrected chi connectivity index (χ2v) is 12.7. The third kappa shape index (κ3) is 4.23. The van der Waals surface area contributed by atoms with Crippen LogP contribution in [0.1, 0.15) is 12.8 Å². The van der Waals surface area contributed by atoms with Gasteiger partial charge in [0.05, 0.1) is 9.04 Å². The second-order valence-electron chi connectivity index (χ2n) is 7.88. The second kappa shape index (κ2) is 8.73. The van der Waals surface area contributed by atoms with E-state index in [1.54, 1.807) is 4.90 Å². The van der Waals surface area contributed by atoms with E-state index in [0.717, 1.165) is 17.4 Å². The van der Waals surface area contributed by atoms with Crippen LogP contribution < -0.4 is 4.90 Å². The first-order valence-corrected chi connectivity index (χ1v) is 13.8. The fraction of sp³-hybridized carbons (Fsp3) is 0.400. The number of fused-ring (bicyclic) bond motifs is 1. The molecule has 0 bridgehead atoms. The summed E-state index contributed by atoms with van der Waals surface area (Å²) in [4.78, 5) is 21.1. The van der Waals surface area contributed by atoms with Crippen molar-refractivity contribution in [1.29, 1.82) is 0 Å². The Kier molecular flexibility index (Phi) is 6.06. The number of thiazole rings is 1. The molecule has 1 aromatic carbocycles. The highest BCUT2D eigenvalue weighted by Gasteiger charge is 2.42. The Balaban J connectivity index is 1.28. The first-order chi connectivity index (χ1) is 15.7. The Labute approximate surface area is 202 Å². The summed E-state index contributed by atoms with van der Waals surface area (Å²) in [6, 6.07) is 4.34. The van der Waals surface area contributed by atoms with Gasteiger partial charge in [-0.15, -0.1) is 11.3 Å². The summed E-state index contributed by atoms with van der Waals surface area (Å²) in [5.41, 5.74) is 0.135. The van der Waals surface area contributed by atoms with Crippen LogP contribution in [0.3, 0.4) is 0 Å². The average molecular weight is 533 g/mol. The summed E-state index contributed by atoms with van der Waals surface area (Å²) in [6.07, 6.45) is 1.09. The lowest BCUT2D eigenvalue weighted by molar-refractivity contribution is -0.134. The van der Waals surface area contributed by atoms with Gasteiger partial charge in [0.2, 0.25) is 5.91 Å². The van der Waals surface area contributed by atoms with Crippen molar-refractivity contribution in [2.24, 2.45) is 0 Å². The maximum Gasteiger partial charge on any atom is 0.253 e. The summed E-state index contributed by atoms with van der Waals surface area (Å²) >= 11 is 8.10. The van der Waals surface area contributed by atoms with E-state index in [2.05, 4.69) is 4.98 Å². The van der Waals surface area contributed by atoms with Gasteiger partial charge in [-0.3, -0.25) is 4.79 Å². The summed E-state index contributed by atoms with van der Waals surface area (Å²) in [6.45, 7) is 2.01. The van der Waals surface area contributed by atoms with E-state index < -0.39 is 27.7 Å². The van der Waals surface area contributed by atoms with Crippen molar-refractivity contribution in [3.63, 3.8) is 0 Å². The number of aromatic nitrogens is 1. The van der Waals surface area contributed by atoms with Crippen LogP contribution in [0.25, 0.3) is 10.2 Å². The molecule has 3 aromatic rings. The molecule has 176 valence electrons. The van der Waals surface area contributed by atoms with Crippen molar-refractivity contribution >= 4 is 65.6 Å². The molecular weight excluding hydrogens is 514 g/mol. The van der Waals surface area contributed by atoms with Gasteiger partial charge in [-0.1, -0.05) is 22.9 Å². The highest BCUT2D eigenvalue weighted by Crippen LogP contribution is 2.34. The number of thiophene rings is 1. The van der Waals surface area contributed by atoms with Gasteiger partial charge in [-0.25, -0.2) is 22.2 Å². The fourth-order valence-corrected chi connectivity index (χ4v) is 8.56. The number of amides is 1. The number of nitrogens with zero attached hydrogens (tertiary/aromatic N) is 4. The van der Waals surface area contributed by atoms with Gasteiger partial charge in [-0.2, -0.15) is 4.31 Å². The topological polar surface area (TPSA) is 73.8 Å². The Hall–Kier alpha value is -1.86. The summed E-state index contributed by atoms with van der Waals surface area (Å²) in [7, 11) is -3.79. The molecule has 13 heteroatoms. The lowest BCUT2D eigenvalue weighted by Gasteiger charge is -2.37. The van der Waals surface area contributed by atoms with Gasteiger partial charge in [0.25, 0.3) is 10.0 Å². The molecule has 0 unspecified atom stereocenters. The van der Waals surface area contributed by atoms with E-state index in [0.29, 0.717) is 59.7 Å². The van der Waals surface area contributed by atoms with E-state index in [-0.39, 0.29) is 15.6 Å². The van der Waals surface area contributed by atoms with Gasteiger partial charge in [0.15, 0.2) is 10.9 Å². The number of carbonyl (C=O) groups excluding carboxylic acids is 1. The zero-order valence-electron chi connectivity index (χ0n) is 17.2. The van der Waals surface area contributed by atoms with Gasteiger partial charge in [0, 0.05) is 38.8 Å². The van der Waals surface area contributed by atoms with Crippen molar-refractivity contribution in [3.05, 3.63) is 40.2 Å². The minimum absolute atomic E-state index is 0.135. The van der Waals surface area contributed by atoms with Crippen molar-refractivity contribution in [1.82, 2.24) is 14.2 Å². The maximum atomic E-state index is 14.0. The molecule has 0 saturated carbocycles. The molecule has 2 saturated heterocycles. The Morgan fingerprint density at radius 2 is 1.85 bits per heavy atom. The minimum atomic E-state index is -3.79. The third-order valence-corrected chi connectivity index (χ3v) is 10.5. The number of hydrogen-bond donors (Lipinski definition) is 0. The van der Waals surface area contributed by atoms with Crippen LogP contribution in [0.2, 0.25) is 4.34 Å². The quantitative estimate of drug-likeness (QED) is 0.511. The number of anilines is 1. The molecule has 7 nitrogen and oxygen atoms in total. The van der Waals surface area contributed by atoms with Crippen molar-refractivity contribution in [2.75, 3.05) is 37.6 Å². The number of piperazine rings is 1. The average Bonchev–Trinajstić information content (AvgIpc) is 3.52. The van der Waals surface area contributed by atoms with E-state index in [1.165, 1.54) is 33.8 Å². The molecule has 2 aliphatic rings. The first kappa shape index (κ1) is 22.9. The van der Waals surface area contributed by atoms with Crippen LogP contribution in [-0.4, -0.2) is 67.3 Å². The van der Waals surface area contributed by atoms with Crippen LogP contribution in [0.15, 0.2) is 28.5 Å². The molecule has 2 aromatic heterocycles. The fourth-order valence-electron chi connectivity index (χ4n) is 4.24. The summed E-state index contributed by atoms with van der Waals surface area (Å²) in [5, 5.41) is 0.571. The molecule has 33 heavy (non-hydrogen) atoms. The number of hydrogen-bond acceptors (Lipinski definition) is 7. The Morgan fingerprint density at radius 1 is 1.09 bits per heavy atom. The molecular formula is C20H19ClF2N4O3S3. The maximum absolute atomic E-state index is 14.0. The molecule has 2 aliphatic heterocycles. The highest BCUT2D eigenvalue weighted by molar-refractivity contribution is 7.91. The zero-order valence-corrected chi connectivity index (χ0v) is 20.4. The van der Waals surface area contributed by atoms with Crippen LogP contribution in [0.4, 0.5) is 13.9 Å². The van der Waals surface area contributed by atoms with Crippen LogP contribution >= 0.6 is 34.3 Å². The smallest absolute Gasteiger partial charge is 0.253 e. The number of rotatable bonds is 4. The number of carbonyl (C=O) groups is 1. The number of benzene rings is 1. The minimum Gasteiger partial charge on any atom is -0.345 e. The number of halogens is 3. The summed E-state index contributed by atoms with van der Waals surface area (Å²) in [5.74, 6) is -1.56. The monoisotopic (exact) mass is 532 g/mol. The zero-order chi connectivity index (χ0) is 23.3. The molecule has 0 N–H and O–H groups in total. The standard InChI is InChI=1S/C20H19ClF2N4O3S3/c21-16-3-4-17(32-16)33(29,30)27-5-1-2-14(27)19(28)25-6-8-26(9-7-25)20-24-18-13(23)10-12(22)11-15(18)31-20/h3-4,10-11,14H,1-2,5-9H2/t14-/m0/s1. The predicted molar refractivity (Wildman–Crippen MR) is 125 cm³/mol. The van der Waals surface area contributed by atoms with E-state index in [1.807, 2.05) is 4.90 Å². The molecule has 1 atom stereocenters. The van der Waals surface area contributed by atoms with Gasteiger partial charge < -0.3 is 9.80 Å². The molecule has 0 spiro atoms. The van der Waals surface area contributed by atoms with Gasteiger partial charge >= 0.3 is 0 Å². The third-order valence-electron chi connectivity index (χ3n) is 5.86. The molecule has 4 heterocycles. The Morgan fingerprint density at radius 3 is 2.55 bits per heavy atom. The SMILES string of the molecule is O=C([C@@H]1CCCN1S(=O)(=O)c1ccc(Cl)s1)N1CCN(c2nc3c(F)cc(F)cc3s2)CC1. The van der Waals surface area contributed by atoms with Gasteiger partial charge in [-0.05, 0) is 31.0 Å². The molecule has 0 radical (unpaired) electrons. The first-order valence-electron chi connectivity index (χ1n) is 10.3. The largest absolute Gasteiger partial charge is 0.345 e. The van der Waals surface area contributed by atoms with E-state index in [9.17, 15) is 22.0 Å². The van der Waals surface area contributed by atoms with Crippen molar-refractivity contribution in [3.8, 4) is 0 Å². The molecule has 0 aliphatic carbocycles. The van der Waals surface area contributed by atoms with E-state index in [4.69, 9.17) is 11.6 Å². The lowest BCUT2D eigenvalue weighted by Crippen LogP contribution is -2.54. The summed E-state index contributed by atoms with van der Waals surface area (Å²) < 4.78 is 55.8. The van der Waals surface area contributed by atoms with Crippen LogP contribution in [0.5, 0.6) is 0 Å². The van der Waals surface area contributed by atoms with E-state index >= 15 is 0 Å². The van der Waals surface area contributed by atoms with Crippen LogP contribution in [0, 0.1) is 11.6 Å². The van der Waals surface area contributed by atoms with Gasteiger partial charge in [0.1, 0.15) is 21.6 Å². The lowest BCUT2D eigenvalue weighted by atomic mass is 10.2. The molecule has 2 fully saturated rings. The normalized spacial score (nSPS) is 20.2. The van der Waals surface area contributed by atoms with Crippen molar-refractivity contribution in [2.45, 2.75) is 23.1 Å². The van der Waals surface area contributed by atoms with Crippen LogP contribution in [-0.2, 0) is 14.8 Å². The number of sulfonamides is 1. The Bertz CT molecular complexity index is 1320.